The molecule has 3 aromatic rings. The SMILES string of the molecule is CNC(=O)Cc1nc2ccccc2n1CC(=O)Nc1ccccc1Cl. The lowest BCUT2D eigenvalue weighted by Gasteiger charge is -2.10. The number of anilines is 1. The molecule has 0 radical (unpaired) electrons. The molecular formula is C18H17ClN4O2. The molecule has 1 aromatic heterocycles. The molecule has 2 aromatic carbocycles. The third kappa shape index (κ3) is 3.80. The Labute approximate surface area is 149 Å². The zero-order chi connectivity index (χ0) is 17.8. The van der Waals surface area contributed by atoms with Crippen LogP contribution in [0.3, 0.4) is 0 Å². The number of carbonyl (C=O) groups is 2. The third-order valence-electron chi connectivity index (χ3n) is 3.78. The van der Waals surface area contributed by atoms with Gasteiger partial charge in [0, 0.05) is 7.05 Å². The first-order chi connectivity index (χ1) is 12.1. The molecule has 0 fully saturated rings. The molecule has 0 saturated heterocycles. The number of nitrogens with zero attached hydrogens (tertiary/aromatic N) is 2. The van der Waals surface area contributed by atoms with Crippen LogP contribution >= 0.6 is 11.6 Å². The minimum absolute atomic E-state index is 0.0397. The summed E-state index contributed by atoms with van der Waals surface area (Å²) in [7, 11) is 1.57. The largest absolute Gasteiger partial charge is 0.359 e. The second-order valence-electron chi connectivity index (χ2n) is 5.48. The highest BCUT2D eigenvalue weighted by atomic mass is 35.5. The summed E-state index contributed by atoms with van der Waals surface area (Å²) in [5.41, 5.74) is 2.09. The number of hydrogen-bond donors (Lipinski definition) is 2. The van der Waals surface area contributed by atoms with Crippen LogP contribution < -0.4 is 10.6 Å². The highest BCUT2D eigenvalue weighted by molar-refractivity contribution is 6.33. The van der Waals surface area contributed by atoms with Crippen LogP contribution in [0.2, 0.25) is 5.02 Å². The highest BCUT2D eigenvalue weighted by Crippen LogP contribution is 2.21. The summed E-state index contributed by atoms with van der Waals surface area (Å²) in [5.74, 6) is 0.132. The topological polar surface area (TPSA) is 76.0 Å². The molecule has 0 aliphatic heterocycles. The number of nitrogens with one attached hydrogen (secondary N) is 2. The molecule has 0 spiro atoms. The van der Waals surface area contributed by atoms with Crippen molar-refractivity contribution in [2.24, 2.45) is 0 Å². The molecule has 0 saturated carbocycles. The molecule has 128 valence electrons. The Morgan fingerprint density at radius 3 is 2.56 bits per heavy atom. The van der Waals surface area contributed by atoms with Crippen molar-refractivity contribution in [3.63, 3.8) is 0 Å². The number of para-hydroxylation sites is 3. The Kier molecular flexibility index (Phi) is 5.00. The zero-order valence-electron chi connectivity index (χ0n) is 13.6. The summed E-state index contributed by atoms with van der Waals surface area (Å²) < 4.78 is 1.75. The van der Waals surface area contributed by atoms with Crippen molar-refractivity contribution in [3.8, 4) is 0 Å². The van der Waals surface area contributed by atoms with Crippen LogP contribution in [-0.4, -0.2) is 28.4 Å². The smallest absolute Gasteiger partial charge is 0.244 e. The van der Waals surface area contributed by atoms with Crippen molar-refractivity contribution >= 4 is 40.1 Å². The molecule has 7 heteroatoms. The molecule has 2 N–H and O–H groups in total. The predicted octanol–water partition coefficient (Wildman–Crippen LogP) is 2.62. The van der Waals surface area contributed by atoms with Gasteiger partial charge in [0.15, 0.2) is 0 Å². The van der Waals surface area contributed by atoms with E-state index < -0.39 is 0 Å². The second kappa shape index (κ2) is 7.36. The first-order valence-corrected chi connectivity index (χ1v) is 8.15. The third-order valence-corrected chi connectivity index (χ3v) is 4.11. The molecule has 2 amide bonds. The van der Waals surface area contributed by atoms with E-state index >= 15 is 0 Å². The number of carbonyl (C=O) groups excluding carboxylic acids is 2. The number of imidazole rings is 1. The van der Waals surface area contributed by atoms with E-state index in [1.165, 1.54) is 0 Å². The van der Waals surface area contributed by atoms with Gasteiger partial charge < -0.3 is 15.2 Å². The van der Waals surface area contributed by atoms with Gasteiger partial charge >= 0.3 is 0 Å². The maximum Gasteiger partial charge on any atom is 0.244 e. The number of likely N-dealkylation sites (N-methyl/N-ethyl adjacent to an activating group) is 1. The van der Waals surface area contributed by atoms with Crippen molar-refractivity contribution in [1.29, 1.82) is 0 Å². The van der Waals surface area contributed by atoms with Crippen molar-refractivity contribution in [1.82, 2.24) is 14.9 Å². The number of hydrogen-bond acceptors (Lipinski definition) is 3. The quantitative estimate of drug-likeness (QED) is 0.737. The number of aromatic nitrogens is 2. The van der Waals surface area contributed by atoms with E-state index in [0.717, 1.165) is 11.0 Å². The van der Waals surface area contributed by atoms with Crippen LogP contribution in [0.25, 0.3) is 11.0 Å². The second-order valence-corrected chi connectivity index (χ2v) is 5.89. The van der Waals surface area contributed by atoms with Crippen molar-refractivity contribution in [3.05, 3.63) is 59.4 Å². The van der Waals surface area contributed by atoms with E-state index in [1.807, 2.05) is 24.3 Å². The summed E-state index contributed by atoms with van der Waals surface area (Å²) in [6.07, 6.45) is 0.102. The summed E-state index contributed by atoms with van der Waals surface area (Å²) in [4.78, 5) is 28.7. The standard InChI is InChI=1S/C18H17ClN4O2/c1-20-17(24)10-16-21-14-8-4-5-9-15(14)23(16)11-18(25)22-13-7-3-2-6-12(13)19/h2-9H,10-11H2,1H3,(H,20,24)(H,22,25). The Morgan fingerprint density at radius 2 is 1.80 bits per heavy atom. The number of halogens is 1. The van der Waals surface area contributed by atoms with E-state index in [2.05, 4.69) is 15.6 Å². The van der Waals surface area contributed by atoms with E-state index in [0.29, 0.717) is 16.5 Å². The van der Waals surface area contributed by atoms with E-state index in [1.54, 1.807) is 35.9 Å². The fourth-order valence-corrected chi connectivity index (χ4v) is 2.75. The van der Waals surface area contributed by atoms with Crippen molar-refractivity contribution in [2.75, 3.05) is 12.4 Å². The predicted molar refractivity (Wildman–Crippen MR) is 97.6 cm³/mol. The van der Waals surface area contributed by atoms with Crippen LogP contribution in [-0.2, 0) is 22.6 Å². The van der Waals surface area contributed by atoms with E-state index in [-0.39, 0.29) is 24.8 Å². The fraction of sp³-hybridized carbons (Fsp3) is 0.167. The van der Waals surface area contributed by atoms with E-state index in [9.17, 15) is 9.59 Å². The van der Waals surface area contributed by atoms with Gasteiger partial charge in [0.05, 0.1) is 28.2 Å². The molecule has 0 aliphatic rings. The van der Waals surface area contributed by atoms with E-state index in [4.69, 9.17) is 11.6 Å². The van der Waals surface area contributed by atoms with Gasteiger partial charge in [-0.15, -0.1) is 0 Å². The average Bonchev–Trinajstić information content (AvgIpc) is 2.94. The summed E-state index contributed by atoms with van der Waals surface area (Å²) in [6, 6.07) is 14.5. The summed E-state index contributed by atoms with van der Waals surface area (Å²) in [6.45, 7) is 0.0397. The van der Waals surface area contributed by atoms with Gasteiger partial charge in [-0.2, -0.15) is 0 Å². The minimum atomic E-state index is -0.241. The molecule has 1 heterocycles. The summed E-state index contributed by atoms with van der Waals surface area (Å²) >= 11 is 6.08. The van der Waals surface area contributed by atoms with Gasteiger partial charge in [0.1, 0.15) is 12.4 Å². The number of fused-ring (bicyclic) bond motifs is 1. The lowest BCUT2D eigenvalue weighted by molar-refractivity contribution is -0.120. The molecular weight excluding hydrogens is 340 g/mol. The Morgan fingerprint density at radius 1 is 1.08 bits per heavy atom. The monoisotopic (exact) mass is 356 g/mol. The van der Waals surface area contributed by atoms with Crippen LogP contribution in [0.1, 0.15) is 5.82 Å². The van der Waals surface area contributed by atoms with Gasteiger partial charge in [-0.25, -0.2) is 4.98 Å². The lowest BCUT2D eigenvalue weighted by atomic mass is 10.3. The molecule has 25 heavy (non-hydrogen) atoms. The van der Waals surface area contributed by atoms with Crippen LogP contribution in [0.15, 0.2) is 48.5 Å². The van der Waals surface area contributed by atoms with Gasteiger partial charge in [-0.05, 0) is 24.3 Å². The maximum absolute atomic E-state index is 12.5. The molecule has 6 nitrogen and oxygen atoms in total. The molecule has 0 atom stereocenters. The molecule has 0 bridgehead atoms. The lowest BCUT2D eigenvalue weighted by Crippen LogP contribution is -2.25. The van der Waals surface area contributed by atoms with Gasteiger partial charge in [-0.3, -0.25) is 9.59 Å². The fourth-order valence-electron chi connectivity index (χ4n) is 2.56. The maximum atomic E-state index is 12.5. The van der Waals surface area contributed by atoms with Crippen molar-refractivity contribution in [2.45, 2.75) is 13.0 Å². The van der Waals surface area contributed by atoms with Gasteiger partial charge in [0.2, 0.25) is 11.8 Å². The first kappa shape index (κ1) is 17.0. The Hall–Kier alpha value is -2.86. The normalized spacial score (nSPS) is 10.6. The Balaban J connectivity index is 1.88. The van der Waals surface area contributed by atoms with Gasteiger partial charge in [0.25, 0.3) is 0 Å². The average molecular weight is 357 g/mol. The Bertz CT molecular complexity index is 936. The zero-order valence-corrected chi connectivity index (χ0v) is 14.4. The molecule has 3 rings (SSSR count). The van der Waals surface area contributed by atoms with Gasteiger partial charge in [-0.1, -0.05) is 35.9 Å². The number of benzene rings is 2. The van der Waals surface area contributed by atoms with Crippen LogP contribution in [0, 0.1) is 0 Å². The van der Waals surface area contributed by atoms with Crippen LogP contribution in [0.5, 0.6) is 0 Å². The first-order valence-electron chi connectivity index (χ1n) is 7.77. The summed E-state index contributed by atoms with van der Waals surface area (Å²) in [5, 5.41) is 5.83. The molecule has 0 aliphatic carbocycles. The number of amides is 2. The van der Waals surface area contributed by atoms with Crippen LogP contribution in [0.4, 0.5) is 5.69 Å². The highest BCUT2D eigenvalue weighted by Gasteiger charge is 2.16. The minimum Gasteiger partial charge on any atom is -0.359 e. The van der Waals surface area contributed by atoms with Crippen molar-refractivity contribution < 1.29 is 9.59 Å². The number of rotatable bonds is 5. The molecule has 0 unspecified atom stereocenters.